The molecule has 3 aromatic heterocycles. The Morgan fingerprint density at radius 2 is 1.73 bits per heavy atom. The number of hydrogen-bond donors (Lipinski definition) is 1. The van der Waals surface area contributed by atoms with Crippen molar-refractivity contribution in [3.05, 3.63) is 96.4 Å². The largest absolute Gasteiger partial charge is 1.00 e. The van der Waals surface area contributed by atoms with E-state index in [1.807, 2.05) is 54.6 Å². The Morgan fingerprint density at radius 1 is 1.05 bits per heavy atom. The maximum atomic E-state index is 13.7. The molecule has 0 unspecified atom stereocenters. The third kappa shape index (κ3) is 5.97. The van der Waals surface area contributed by atoms with Gasteiger partial charge in [-0.25, -0.2) is 9.59 Å². The number of carbonyl (C=O) groups excluding carboxylic acids is 1. The topological polar surface area (TPSA) is 120 Å². The van der Waals surface area contributed by atoms with Gasteiger partial charge in [0.15, 0.2) is 11.6 Å². The van der Waals surface area contributed by atoms with Crippen molar-refractivity contribution in [3.63, 3.8) is 0 Å². The summed E-state index contributed by atoms with van der Waals surface area (Å²) in [4.78, 5) is 55.8. The molecule has 1 fully saturated rings. The number of aromatic amines is 1. The number of nitrogens with zero attached hydrogens (tertiary/aromatic N) is 3. The van der Waals surface area contributed by atoms with Crippen LogP contribution in [0.25, 0.3) is 32.7 Å². The van der Waals surface area contributed by atoms with Gasteiger partial charge in [0.25, 0.3) is 5.56 Å². The standard InChI is InChI=1S/C30H28N4O5S.K.H/c1-30(2,3)24(35)16-33-26(36)22-14-23(19-12-13-19)40-27(22)34(29(33)38)15-17-8-10-18(11-9-17)20-6-4-5-7-21(20)25-31-28(37)39-32-25;;/h4-11,14,19H,12-13,15-16H2,1-3H3,(H,31,32,37);;/q;+1;-1. The van der Waals surface area contributed by atoms with Gasteiger partial charge in [-0.05, 0) is 41.5 Å². The molecular weight excluding hydrogens is 568 g/mol. The minimum atomic E-state index is -0.676. The summed E-state index contributed by atoms with van der Waals surface area (Å²) >= 11 is 1.50. The third-order valence-corrected chi connectivity index (χ3v) is 8.58. The Bertz CT molecular complexity index is 1940. The van der Waals surface area contributed by atoms with Gasteiger partial charge in [-0.15, -0.1) is 11.3 Å². The number of fused-ring (bicyclic) bond motifs is 1. The average molecular weight is 597 g/mol. The molecule has 11 heteroatoms. The maximum Gasteiger partial charge on any atom is 1.00 e. The second-order valence-corrected chi connectivity index (χ2v) is 12.3. The molecule has 9 nitrogen and oxygen atoms in total. The number of nitrogens with one attached hydrogen (secondary N) is 1. The molecule has 0 amide bonds. The molecule has 1 aliphatic carbocycles. The average Bonchev–Trinajstić information content (AvgIpc) is 3.54. The molecule has 3 heterocycles. The number of carbonyl (C=O) groups is 1. The summed E-state index contributed by atoms with van der Waals surface area (Å²) in [6.45, 7) is 5.35. The fraction of sp³-hybridized carbons (Fsp3) is 0.300. The summed E-state index contributed by atoms with van der Waals surface area (Å²) in [6.07, 6.45) is 2.16. The smallest absolute Gasteiger partial charge is 1.00 e. The van der Waals surface area contributed by atoms with Crippen LogP contribution in [-0.4, -0.2) is 25.1 Å². The van der Waals surface area contributed by atoms with Crippen LogP contribution in [0.4, 0.5) is 0 Å². The summed E-state index contributed by atoms with van der Waals surface area (Å²) in [5.41, 5.74) is 1.78. The molecule has 0 bridgehead atoms. The van der Waals surface area contributed by atoms with Crippen LogP contribution < -0.4 is 68.4 Å². The molecular formula is C30H29KN4O5S. The molecule has 0 aliphatic heterocycles. The van der Waals surface area contributed by atoms with Crippen LogP contribution in [0.2, 0.25) is 0 Å². The number of hydrogen-bond acceptors (Lipinski definition) is 7. The van der Waals surface area contributed by atoms with Crippen molar-refractivity contribution < 1.29 is 62.1 Å². The summed E-state index contributed by atoms with van der Waals surface area (Å²) in [6, 6.07) is 17.2. The van der Waals surface area contributed by atoms with E-state index in [9.17, 15) is 19.2 Å². The second kappa shape index (κ2) is 11.5. The fourth-order valence-corrected chi connectivity index (χ4v) is 6.02. The van der Waals surface area contributed by atoms with E-state index in [4.69, 9.17) is 0 Å². The molecule has 0 spiro atoms. The Labute approximate surface area is 283 Å². The number of benzene rings is 2. The van der Waals surface area contributed by atoms with E-state index < -0.39 is 22.4 Å². The Morgan fingerprint density at radius 3 is 2.34 bits per heavy atom. The molecule has 1 aliphatic rings. The van der Waals surface area contributed by atoms with Gasteiger partial charge in [-0.2, -0.15) is 0 Å². The summed E-state index contributed by atoms with van der Waals surface area (Å²) in [7, 11) is 0. The normalized spacial score (nSPS) is 13.3. The number of thiophene rings is 1. The van der Waals surface area contributed by atoms with E-state index in [0.29, 0.717) is 22.0 Å². The second-order valence-electron chi connectivity index (χ2n) is 11.3. The molecule has 206 valence electrons. The summed E-state index contributed by atoms with van der Waals surface area (Å²) in [5, 5.41) is 4.31. The predicted octanol–water partition coefficient (Wildman–Crippen LogP) is 1.89. The Kier molecular flexibility index (Phi) is 8.39. The van der Waals surface area contributed by atoms with Crippen LogP contribution in [0.5, 0.6) is 0 Å². The van der Waals surface area contributed by atoms with Crippen LogP contribution in [-0.2, 0) is 17.9 Å². The first-order valence-electron chi connectivity index (χ1n) is 13.2. The van der Waals surface area contributed by atoms with Crippen LogP contribution in [0.15, 0.2) is 73.5 Å². The number of rotatable bonds is 7. The van der Waals surface area contributed by atoms with Gasteiger partial charge in [-0.3, -0.25) is 28.2 Å². The Hall–Kier alpha value is -2.67. The first-order valence-corrected chi connectivity index (χ1v) is 14.0. The third-order valence-electron chi connectivity index (χ3n) is 7.26. The number of Topliss-reactive ketones (excluding diaryl/α,β-unsaturated/α-hetero) is 1. The van der Waals surface area contributed by atoms with E-state index >= 15 is 0 Å². The van der Waals surface area contributed by atoms with Gasteiger partial charge in [0.2, 0.25) is 0 Å². The van der Waals surface area contributed by atoms with Gasteiger partial charge in [0.05, 0.1) is 18.5 Å². The van der Waals surface area contributed by atoms with E-state index in [1.54, 1.807) is 25.3 Å². The summed E-state index contributed by atoms with van der Waals surface area (Å²) in [5.74, 6) is -0.0218. The zero-order valence-electron chi connectivity index (χ0n) is 24.4. The molecule has 0 saturated heterocycles. The quantitative estimate of drug-likeness (QED) is 0.287. The number of ketones is 1. The molecule has 5 aromatic rings. The van der Waals surface area contributed by atoms with Crippen molar-refractivity contribution in [3.8, 4) is 22.5 Å². The number of H-pyrrole nitrogens is 1. The van der Waals surface area contributed by atoms with E-state index in [2.05, 4.69) is 14.7 Å². The molecule has 0 radical (unpaired) electrons. The van der Waals surface area contributed by atoms with Gasteiger partial charge in [0.1, 0.15) is 4.83 Å². The molecule has 1 N–H and O–H groups in total. The fourth-order valence-electron chi connectivity index (χ4n) is 4.71. The molecule has 1 saturated carbocycles. The van der Waals surface area contributed by atoms with Crippen molar-refractivity contribution in [1.29, 1.82) is 0 Å². The SMILES string of the molecule is CC(C)(C)C(=O)Cn1c(=O)c2cc(C3CC3)sc2n(Cc2ccc(-c3ccccc3-c3noc(=O)[nH]3)cc2)c1=O.[H-].[K+]. The van der Waals surface area contributed by atoms with E-state index in [-0.39, 0.29) is 71.7 Å². The van der Waals surface area contributed by atoms with Crippen molar-refractivity contribution in [1.82, 2.24) is 19.3 Å². The molecule has 2 aromatic carbocycles. The minimum absolute atomic E-state index is 0. The number of aromatic nitrogens is 4. The van der Waals surface area contributed by atoms with E-state index in [1.165, 1.54) is 11.3 Å². The maximum absolute atomic E-state index is 13.7. The van der Waals surface area contributed by atoms with E-state index in [0.717, 1.165) is 44.5 Å². The van der Waals surface area contributed by atoms with Crippen molar-refractivity contribution in [2.24, 2.45) is 5.41 Å². The van der Waals surface area contributed by atoms with Crippen LogP contribution in [0.1, 0.15) is 51.4 Å². The Balaban J connectivity index is 0.00000202. The van der Waals surface area contributed by atoms with Crippen molar-refractivity contribution in [2.75, 3.05) is 0 Å². The van der Waals surface area contributed by atoms with Crippen molar-refractivity contribution >= 4 is 27.3 Å². The van der Waals surface area contributed by atoms with Gasteiger partial charge in [0, 0.05) is 15.9 Å². The predicted molar refractivity (Wildman–Crippen MR) is 155 cm³/mol. The molecule has 0 atom stereocenters. The molecule has 6 rings (SSSR count). The minimum Gasteiger partial charge on any atom is -1.00 e. The monoisotopic (exact) mass is 596 g/mol. The zero-order chi connectivity index (χ0) is 28.2. The molecule has 41 heavy (non-hydrogen) atoms. The van der Waals surface area contributed by atoms with Crippen LogP contribution >= 0.6 is 11.3 Å². The summed E-state index contributed by atoms with van der Waals surface area (Å²) < 4.78 is 7.39. The van der Waals surface area contributed by atoms with Crippen LogP contribution in [0.3, 0.4) is 0 Å². The van der Waals surface area contributed by atoms with Gasteiger partial charge >= 0.3 is 62.8 Å². The van der Waals surface area contributed by atoms with Crippen LogP contribution in [0, 0.1) is 5.41 Å². The first-order chi connectivity index (χ1) is 19.1. The van der Waals surface area contributed by atoms with Gasteiger partial charge < -0.3 is 1.43 Å². The zero-order valence-corrected chi connectivity index (χ0v) is 27.3. The van der Waals surface area contributed by atoms with Crippen molar-refractivity contribution in [2.45, 2.75) is 52.6 Å². The first kappa shape index (κ1) is 29.8. The van der Waals surface area contributed by atoms with Gasteiger partial charge in [-0.1, -0.05) is 74.5 Å².